The van der Waals surface area contributed by atoms with Crippen LogP contribution in [0.5, 0.6) is 0 Å². The number of rotatable bonds is 6. The highest BCUT2D eigenvalue weighted by molar-refractivity contribution is 5.19. The van der Waals surface area contributed by atoms with Crippen molar-refractivity contribution in [2.45, 2.75) is 25.8 Å². The molecule has 0 fully saturated rings. The Morgan fingerprint density at radius 1 is 1.21 bits per heavy atom. The van der Waals surface area contributed by atoms with E-state index in [1.54, 1.807) is 12.3 Å². The van der Waals surface area contributed by atoms with Crippen molar-refractivity contribution in [2.24, 2.45) is 0 Å². The first-order valence-electron chi connectivity index (χ1n) is 6.67. The van der Waals surface area contributed by atoms with Gasteiger partial charge >= 0.3 is 0 Å². The van der Waals surface area contributed by atoms with E-state index in [9.17, 15) is 4.39 Å². The van der Waals surface area contributed by atoms with Crippen molar-refractivity contribution in [3.8, 4) is 0 Å². The van der Waals surface area contributed by atoms with Crippen molar-refractivity contribution < 1.29 is 4.39 Å². The second-order valence-electron chi connectivity index (χ2n) is 4.57. The Kier molecular flexibility index (Phi) is 5.04. The van der Waals surface area contributed by atoms with Gasteiger partial charge in [-0.3, -0.25) is 4.98 Å². The summed E-state index contributed by atoms with van der Waals surface area (Å²) in [6.07, 6.45) is 4.72. The summed E-state index contributed by atoms with van der Waals surface area (Å²) in [7, 11) is 0. The van der Waals surface area contributed by atoms with Crippen LogP contribution in [-0.4, -0.2) is 11.5 Å². The quantitative estimate of drug-likeness (QED) is 0.857. The fourth-order valence-electron chi connectivity index (χ4n) is 2.22. The number of aromatic nitrogens is 1. The van der Waals surface area contributed by atoms with E-state index in [1.807, 2.05) is 18.2 Å². The third kappa shape index (κ3) is 4.14. The van der Waals surface area contributed by atoms with E-state index in [0.717, 1.165) is 24.9 Å². The molecule has 1 unspecified atom stereocenters. The van der Waals surface area contributed by atoms with Crippen LogP contribution in [0.2, 0.25) is 0 Å². The molecule has 0 aliphatic carbocycles. The molecular weight excluding hydrogens is 239 g/mol. The SMILES string of the molecule is CCNC(CCc1cncc(F)c1)c1ccccc1. The van der Waals surface area contributed by atoms with E-state index >= 15 is 0 Å². The maximum Gasteiger partial charge on any atom is 0.141 e. The average molecular weight is 258 g/mol. The molecule has 2 aromatic rings. The minimum Gasteiger partial charge on any atom is -0.310 e. The second kappa shape index (κ2) is 7.00. The van der Waals surface area contributed by atoms with Gasteiger partial charge in [-0.2, -0.15) is 0 Å². The van der Waals surface area contributed by atoms with Gasteiger partial charge in [0.15, 0.2) is 0 Å². The summed E-state index contributed by atoms with van der Waals surface area (Å²) in [5, 5.41) is 3.47. The minimum atomic E-state index is -0.266. The topological polar surface area (TPSA) is 24.9 Å². The Bertz CT molecular complexity index is 499. The Labute approximate surface area is 113 Å². The molecule has 0 amide bonds. The Morgan fingerprint density at radius 3 is 2.68 bits per heavy atom. The summed E-state index contributed by atoms with van der Waals surface area (Å²) in [5.41, 5.74) is 2.22. The van der Waals surface area contributed by atoms with Crippen LogP contribution in [0.3, 0.4) is 0 Å². The van der Waals surface area contributed by atoms with Gasteiger partial charge < -0.3 is 5.32 Å². The Hall–Kier alpha value is -1.74. The summed E-state index contributed by atoms with van der Waals surface area (Å²) >= 11 is 0. The highest BCUT2D eigenvalue weighted by atomic mass is 19.1. The fourth-order valence-corrected chi connectivity index (χ4v) is 2.22. The molecule has 0 saturated carbocycles. The van der Waals surface area contributed by atoms with Gasteiger partial charge in [0.1, 0.15) is 5.82 Å². The number of nitrogens with one attached hydrogen (secondary N) is 1. The first-order valence-corrected chi connectivity index (χ1v) is 6.67. The molecule has 1 aromatic carbocycles. The molecule has 0 aliphatic heterocycles. The highest BCUT2D eigenvalue weighted by Gasteiger charge is 2.10. The van der Waals surface area contributed by atoms with Gasteiger partial charge in [-0.05, 0) is 36.6 Å². The number of nitrogens with zero attached hydrogens (tertiary/aromatic N) is 1. The number of halogens is 1. The lowest BCUT2D eigenvalue weighted by Gasteiger charge is -2.18. The Balaban J connectivity index is 2.01. The van der Waals surface area contributed by atoms with Crippen molar-refractivity contribution in [2.75, 3.05) is 6.54 Å². The summed E-state index contributed by atoms with van der Waals surface area (Å²) < 4.78 is 13.1. The van der Waals surface area contributed by atoms with E-state index in [1.165, 1.54) is 11.8 Å². The van der Waals surface area contributed by atoms with Crippen LogP contribution in [0.4, 0.5) is 4.39 Å². The second-order valence-corrected chi connectivity index (χ2v) is 4.57. The number of aryl methyl sites for hydroxylation is 1. The van der Waals surface area contributed by atoms with Gasteiger partial charge in [-0.25, -0.2) is 4.39 Å². The molecule has 19 heavy (non-hydrogen) atoms. The van der Waals surface area contributed by atoms with E-state index in [4.69, 9.17) is 0 Å². The van der Waals surface area contributed by atoms with E-state index in [-0.39, 0.29) is 5.82 Å². The van der Waals surface area contributed by atoms with Gasteiger partial charge in [0.2, 0.25) is 0 Å². The smallest absolute Gasteiger partial charge is 0.141 e. The fraction of sp³-hybridized carbons (Fsp3) is 0.312. The zero-order valence-electron chi connectivity index (χ0n) is 11.1. The molecule has 1 N–H and O–H groups in total. The molecule has 0 radical (unpaired) electrons. The maximum atomic E-state index is 13.1. The number of pyridine rings is 1. The molecule has 0 spiro atoms. The Morgan fingerprint density at radius 2 is 2.00 bits per heavy atom. The van der Waals surface area contributed by atoms with Crippen LogP contribution < -0.4 is 5.32 Å². The molecule has 0 saturated heterocycles. The highest BCUT2D eigenvalue weighted by Crippen LogP contribution is 2.19. The molecule has 2 rings (SSSR count). The van der Waals surface area contributed by atoms with Crippen LogP contribution in [-0.2, 0) is 6.42 Å². The van der Waals surface area contributed by atoms with Crippen LogP contribution in [0.25, 0.3) is 0 Å². The molecule has 1 atom stereocenters. The molecule has 1 aromatic heterocycles. The van der Waals surface area contributed by atoms with Crippen LogP contribution in [0.15, 0.2) is 48.8 Å². The van der Waals surface area contributed by atoms with E-state index < -0.39 is 0 Å². The minimum absolute atomic E-state index is 0.266. The van der Waals surface area contributed by atoms with Crippen molar-refractivity contribution >= 4 is 0 Å². The lowest BCUT2D eigenvalue weighted by molar-refractivity contribution is 0.514. The van der Waals surface area contributed by atoms with Crippen LogP contribution in [0, 0.1) is 5.82 Å². The molecular formula is C16H19FN2. The summed E-state index contributed by atoms with van der Waals surface area (Å²) in [6.45, 7) is 3.01. The van der Waals surface area contributed by atoms with Crippen molar-refractivity contribution in [3.05, 3.63) is 65.7 Å². The largest absolute Gasteiger partial charge is 0.310 e. The molecule has 0 aliphatic rings. The third-order valence-corrected chi connectivity index (χ3v) is 3.14. The lowest BCUT2D eigenvalue weighted by Crippen LogP contribution is -2.21. The predicted molar refractivity (Wildman–Crippen MR) is 75.4 cm³/mol. The standard InChI is InChI=1S/C16H19FN2/c1-2-19-16(14-6-4-3-5-7-14)9-8-13-10-15(17)12-18-11-13/h3-7,10-12,16,19H,2,8-9H2,1H3. The van der Waals surface area contributed by atoms with Crippen molar-refractivity contribution in [3.63, 3.8) is 0 Å². The summed E-state index contributed by atoms with van der Waals surface area (Å²) in [5.74, 6) is -0.266. The monoisotopic (exact) mass is 258 g/mol. The zero-order valence-corrected chi connectivity index (χ0v) is 11.1. The predicted octanol–water partition coefficient (Wildman–Crippen LogP) is 3.50. The first kappa shape index (κ1) is 13.7. The van der Waals surface area contributed by atoms with E-state index in [2.05, 4.69) is 29.4 Å². The van der Waals surface area contributed by atoms with Gasteiger partial charge in [0, 0.05) is 12.2 Å². The number of benzene rings is 1. The zero-order chi connectivity index (χ0) is 13.5. The molecule has 1 heterocycles. The average Bonchev–Trinajstić information content (AvgIpc) is 2.44. The van der Waals surface area contributed by atoms with Gasteiger partial charge in [-0.1, -0.05) is 37.3 Å². The van der Waals surface area contributed by atoms with Crippen LogP contribution >= 0.6 is 0 Å². The molecule has 0 bridgehead atoms. The van der Waals surface area contributed by atoms with E-state index in [0.29, 0.717) is 6.04 Å². The van der Waals surface area contributed by atoms with Crippen LogP contribution in [0.1, 0.15) is 30.5 Å². The summed E-state index contributed by atoms with van der Waals surface area (Å²) in [4.78, 5) is 3.89. The van der Waals surface area contributed by atoms with Gasteiger partial charge in [0.05, 0.1) is 6.20 Å². The van der Waals surface area contributed by atoms with Crippen molar-refractivity contribution in [1.82, 2.24) is 10.3 Å². The molecule has 100 valence electrons. The number of hydrogen-bond acceptors (Lipinski definition) is 2. The van der Waals surface area contributed by atoms with Crippen molar-refractivity contribution in [1.29, 1.82) is 0 Å². The van der Waals surface area contributed by atoms with Gasteiger partial charge in [0.25, 0.3) is 0 Å². The molecule has 2 nitrogen and oxygen atoms in total. The number of hydrogen-bond donors (Lipinski definition) is 1. The normalized spacial score (nSPS) is 12.3. The lowest BCUT2D eigenvalue weighted by atomic mass is 9.99. The maximum absolute atomic E-state index is 13.1. The van der Waals surface area contributed by atoms with Gasteiger partial charge in [-0.15, -0.1) is 0 Å². The molecule has 3 heteroatoms. The summed E-state index contributed by atoms with van der Waals surface area (Å²) in [6, 6.07) is 12.2. The first-order chi connectivity index (χ1) is 9.29. The third-order valence-electron chi connectivity index (χ3n) is 3.14.